The van der Waals surface area contributed by atoms with Crippen molar-refractivity contribution in [2.75, 3.05) is 31.1 Å². The molecule has 22 heavy (non-hydrogen) atoms. The molecule has 0 atom stereocenters. The van der Waals surface area contributed by atoms with Crippen LogP contribution in [0.2, 0.25) is 0 Å². The van der Waals surface area contributed by atoms with E-state index in [1.54, 1.807) is 29.7 Å². The van der Waals surface area contributed by atoms with Gasteiger partial charge in [0.15, 0.2) is 5.13 Å². The predicted molar refractivity (Wildman–Crippen MR) is 81.0 cm³/mol. The van der Waals surface area contributed by atoms with Crippen LogP contribution in [-0.4, -0.2) is 36.1 Å². The molecule has 0 amide bonds. The summed E-state index contributed by atoms with van der Waals surface area (Å²) in [5, 5.41) is 3.00. The quantitative estimate of drug-likeness (QED) is 0.860. The Morgan fingerprint density at radius 2 is 1.73 bits per heavy atom. The minimum atomic E-state index is -4.27. The molecule has 3 rings (SSSR count). The lowest BCUT2D eigenvalue weighted by molar-refractivity contribution is -0.137. The zero-order valence-corrected chi connectivity index (χ0v) is 12.7. The summed E-state index contributed by atoms with van der Waals surface area (Å²) in [5.74, 6) is 0. The van der Waals surface area contributed by atoms with Crippen molar-refractivity contribution < 1.29 is 13.2 Å². The molecule has 1 aliphatic rings. The summed E-state index contributed by atoms with van der Waals surface area (Å²) < 4.78 is 37.6. The van der Waals surface area contributed by atoms with E-state index in [0.717, 1.165) is 49.0 Å². The number of piperazine rings is 1. The highest BCUT2D eigenvalue weighted by Crippen LogP contribution is 2.29. The van der Waals surface area contributed by atoms with Gasteiger partial charge in [-0.25, -0.2) is 4.98 Å². The third-order valence-corrected chi connectivity index (χ3v) is 4.58. The smallest absolute Gasteiger partial charge is 0.346 e. The highest BCUT2D eigenvalue weighted by atomic mass is 32.1. The van der Waals surface area contributed by atoms with Crippen LogP contribution in [0.15, 0.2) is 35.8 Å². The maximum atomic E-state index is 12.5. The van der Waals surface area contributed by atoms with Crippen molar-refractivity contribution in [2.45, 2.75) is 12.7 Å². The maximum absolute atomic E-state index is 12.5. The summed E-state index contributed by atoms with van der Waals surface area (Å²) in [5.41, 5.74) is 0.320. The molecule has 0 saturated carbocycles. The third-order valence-electron chi connectivity index (χ3n) is 3.75. The number of benzene rings is 1. The number of nitrogens with zero attached hydrogens (tertiary/aromatic N) is 3. The van der Waals surface area contributed by atoms with Gasteiger partial charge in [-0.1, -0.05) is 12.1 Å². The summed E-state index contributed by atoms with van der Waals surface area (Å²) in [6, 6.07) is 5.44. The first-order valence-electron chi connectivity index (χ1n) is 7.05. The number of hydrogen-bond donors (Lipinski definition) is 0. The van der Waals surface area contributed by atoms with E-state index in [0.29, 0.717) is 6.54 Å². The fourth-order valence-corrected chi connectivity index (χ4v) is 3.22. The zero-order valence-electron chi connectivity index (χ0n) is 11.9. The molecule has 0 aliphatic carbocycles. The standard InChI is InChI=1S/C15H16F3N3S/c16-15(17,18)13-3-1-12(2-4-13)11-20-6-8-21(9-7-20)14-19-5-10-22-14/h1-5,10H,6-9,11H2. The van der Waals surface area contributed by atoms with Gasteiger partial charge in [-0.05, 0) is 17.7 Å². The number of hydrogen-bond acceptors (Lipinski definition) is 4. The van der Waals surface area contributed by atoms with Crippen molar-refractivity contribution in [1.82, 2.24) is 9.88 Å². The Balaban J connectivity index is 1.54. The summed E-state index contributed by atoms with van der Waals surface area (Å²) in [4.78, 5) is 8.80. The maximum Gasteiger partial charge on any atom is 0.416 e. The van der Waals surface area contributed by atoms with E-state index < -0.39 is 11.7 Å². The van der Waals surface area contributed by atoms with Crippen molar-refractivity contribution >= 4 is 16.5 Å². The Kier molecular flexibility index (Phi) is 4.35. The molecule has 1 aromatic carbocycles. The molecule has 1 aromatic heterocycles. The molecule has 1 fully saturated rings. The van der Waals surface area contributed by atoms with Gasteiger partial charge in [0.05, 0.1) is 5.56 Å². The first-order valence-corrected chi connectivity index (χ1v) is 7.93. The van der Waals surface area contributed by atoms with Gasteiger partial charge in [-0.15, -0.1) is 11.3 Å². The van der Waals surface area contributed by atoms with Gasteiger partial charge in [0, 0.05) is 44.3 Å². The van der Waals surface area contributed by atoms with Gasteiger partial charge < -0.3 is 4.90 Å². The molecule has 0 radical (unpaired) electrons. The van der Waals surface area contributed by atoms with E-state index in [9.17, 15) is 13.2 Å². The summed E-state index contributed by atoms with van der Waals surface area (Å²) >= 11 is 1.63. The number of halogens is 3. The number of aromatic nitrogens is 1. The van der Waals surface area contributed by atoms with Gasteiger partial charge >= 0.3 is 6.18 Å². The summed E-state index contributed by atoms with van der Waals surface area (Å²) in [7, 11) is 0. The lowest BCUT2D eigenvalue weighted by Gasteiger charge is -2.34. The van der Waals surface area contributed by atoms with Crippen LogP contribution in [-0.2, 0) is 12.7 Å². The number of alkyl halides is 3. The van der Waals surface area contributed by atoms with Crippen LogP contribution >= 0.6 is 11.3 Å². The van der Waals surface area contributed by atoms with E-state index in [-0.39, 0.29) is 0 Å². The Morgan fingerprint density at radius 1 is 1.05 bits per heavy atom. The normalized spacial score (nSPS) is 17.0. The minimum absolute atomic E-state index is 0.593. The van der Waals surface area contributed by atoms with E-state index in [2.05, 4.69) is 14.8 Å². The monoisotopic (exact) mass is 327 g/mol. The molecule has 0 spiro atoms. The second-order valence-corrected chi connectivity index (χ2v) is 6.15. The number of anilines is 1. The molecule has 2 heterocycles. The van der Waals surface area contributed by atoms with Gasteiger partial charge in [0.25, 0.3) is 0 Å². The Morgan fingerprint density at radius 3 is 2.27 bits per heavy atom. The fraction of sp³-hybridized carbons (Fsp3) is 0.400. The van der Waals surface area contributed by atoms with Crippen LogP contribution < -0.4 is 4.90 Å². The van der Waals surface area contributed by atoms with Crippen molar-refractivity contribution in [3.05, 3.63) is 47.0 Å². The number of thiazole rings is 1. The number of rotatable bonds is 3. The second kappa shape index (κ2) is 6.26. The fourth-order valence-electron chi connectivity index (χ4n) is 2.53. The Labute approximate surface area is 131 Å². The van der Waals surface area contributed by atoms with Gasteiger partial charge in [-0.3, -0.25) is 4.90 Å². The Bertz CT molecular complexity index is 587. The molecular weight excluding hydrogens is 311 g/mol. The molecule has 0 N–H and O–H groups in total. The lowest BCUT2D eigenvalue weighted by atomic mass is 10.1. The highest BCUT2D eigenvalue weighted by Gasteiger charge is 2.30. The molecule has 118 valence electrons. The molecule has 1 aliphatic heterocycles. The molecule has 2 aromatic rings. The Hall–Kier alpha value is -1.60. The van der Waals surface area contributed by atoms with Gasteiger partial charge in [0.2, 0.25) is 0 Å². The first kappa shape index (κ1) is 15.3. The average molecular weight is 327 g/mol. The van der Waals surface area contributed by atoms with Crippen LogP contribution in [0.1, 0.15) is 11.1 Å². The van der Waals surface area contributed by atoms with Crippen LogP contribution in [0.5, 0.6) is 0 Å². The van der Waals surface area contributed by atoms with Gasteiger partial charge in [0.1, 0.15) is 0 Å². The molecule has 0 bridgehead atoms. The van der Waals surface area contributed by atoms with Gasteiger partial charge in [-0.2, -0.15) is 13.2 Å². The van der Waals surface area contributed by atoms with Crippen molar-refractivity contribution in [2.24, 2.45) is 0 Å². The summed E-state index contributed by atoms with van der Waals surface area (Å²) in [6.07, 6.45) is -2.47. The largest absolute Gasteiger partial charge is 0.416 e. The van der Waals surface area contributed by atoms with E-state index in [4.69, 9.17) is 0 Å². The predicted octanol–water partition coefficient (Wildman–Crippen LogP) is 3.48. The van der Waals surface area contributed by atoms with Crippen molar-refractivity contribution in [3.63, 3.8) is 0 Å². The second-order valence-electron chi connectivity index (χ2n) is 5.27. The van der Waals surface area contributed by atoms with E-state index in [1.807, 2.05) is 5.38 Å². The lowest BCUT2D eigenvalue weighted by Crippen LogP contribution is -2.45. The molecular formula is C15H16F3N3S. The van der Waals surface area contributed by atoms with E-state index >= 15 is 0 Å². The van der Waals surface area contributed by atoms with Crippen molar-refractivity contribution in [1.29, 1.82) is 0 Å². The topological polar surface area (TPSA) is 19.4 Å². The molecule has 1 saturated heterocycles. The summed E-state index contributed by atoms with van der Waals surface area (Å²) in [6.45, 7) is 4.26. The van der Waals surface area contributed by atoms with Crippen LogP contribution in [0.4, 0.5) is 18.3 Å². The molecule has 0 unspecified atom stereocenters. The average Bonchev–Trinajstić information content (AvgIpc) is 3.02. The molecule has 7 heteroatoms. The highest BCUT2D eigenvalue weighted by molar-refractivity contribution is 7.13. The van der Waals surface area contributed by atoms with Crippen LogP contribution in [0.3, 0.4) is 0 Å². The van der Waals surface area contributed by atoms with E-state index in [1.165, 1.54) is 0 Å². The minimum Gasteiger partial charge on any atom is -0.346 e. The molecule has 3 nitrogen and oxygen atoms in total. The first-order chi connectivity index (χ1) is 10.5. The van der Waals surface area contributed by atoms with Crippen LogP contribution in [0, 0.1) is 0 Å². The SMILES string of the molecule is FC(F)(F)c1ccc(CN2CCN(c3nccs3)CC2)cc1. The third kappa shape index (κ3) is 3.59. The van der Waals surface area contributed by atoms with Crippen molar-refractivity contribution in [3.8, 4) is 0 Å². The zero-order chi connectivity index (χ0) is 15.6. The van der Waals surface area contributed by atoms with Crippen LogP contribution in [0.25, 0.3) is 0 Å².